The molecular weight excluding hydrogens is 152 g/mol. The van der Waals surface area contributed by atoms with E-state index in [9.17, 15) is 8.78 Å². The molecule has 0 aliphatic rings. The Balaban J connectivity index is 3.08. The summed E-state index contributed by atoms with van der Waals surface area (Å²) < 4.78 is 24.7. The summed E-state index contributed by atoms with van der Waals surface area (Å²) >= 11 is 0. The first-order valence-electron chi connectivity index (χ1n) is 2.78. The molecule has 0 fully saturated rings. The second kappa shape index (κ2) is 3.09. The fourth-order valence-electron chi connectivity index (χ4n) is 0.653. The topological polar surface area (TPSA) is 32.6 Å². The molecule has 2 nitrogen and oxygen atoms in total. The fraction of sp³-hybridized carbons (Fsp3) is 0. The van der Waals surface area contributed by atoms with Gasteiger partial charge in [-0.05, 0) is 6.07 Å². The molecule has 0 unspecified atom stereocenters. The van der Waals surface area contributed by atoms with E-state index in [1.807, 2.05) is 0 Å². The Bertz CT molecular complexity index is 266. The first-order chi connectivity index (χ1) is 5.22. The maximum atomic E-state index is 12.3. The minimum Gasteiger partial charge on any atom is -0.411 e. The molecule has 11 heavy (non-hydrogen) atoms. The number of benzene rings is 1. The van der Waals surface area contributed by atoms with Crippen molar-refractivity contribution < 1.29 is 14.0 Å². The second-order valence-electron chi connectivity index (χ2n) is 1.85. The van der Waals surface area contributed by atoms with Gasteiger partial charge in [-0.2, -0.15) is 0 Å². The van der Waals surface area contributed by atoms with Gasteiger partial charge in [0.1, 0.15) is 11.6 Å². The lowest BCUT2D eigenvalue weighted by molar-refractivity contribution is 0.322. The van der Waals surface area contributed by atoms with Gasteiger partial charge in [0.2, 0.25) is 0 Å². The van der Waals surface area contributed by atoms with Gasteiger partial charge in [0, 0.05) is 17.7 Å². The lowest BCUT2D eigenvalue weighted by Gasteiger charge is -1.91. The van der Waals surface area contributed by atoms with Gasteiger partial charge in [0.05, 0.1) is 6.21 Å². The van der Waals surface area contributed by atoms with E-state index < -0.39 is 11.6 Å². The summed E-state index contributed by atoms with van der Waals surface area (Å²) in [4.78, 5) is 0. The van der Waals surface area contributed by atoms with E-state index in [0.29, 0.717) is 6.07 Å². The highest BCUT2D eigenvalue weighted by molar-refractivity contribution is 5.78. The summed E-state index contributed by atoms with van der Waals surface area (Å²) in [7, 11) is 0. The molecular formula is C7H4F2NO. The van der Waals surface area contributed by atoms with E-state index in [1.165, 1.54) is 0 Å². The largest absolute Gasteiger partial charge is 0.411 e. The van der Waals surface area contributed by atoms with Crippen LogP contribution >= 0.6 is 0 Å². The zero-order valence-electron chi connectivity index (χ0n) is 5.38. The maximum absolute atomic E-state index is 12.3. The van der Waals surface area contributed by atoms with Gasteiger partial charge in [-0.25, -0.2) is 8.78 Å². The van der Waals surface area contributed by atoms with E-state index >= 15 is 0 Å². The molecule has 0 atom stereocenters. The highest BCUT2D eigenvalue weighted by atomic mass is 19.1. The Kier molecular flexibility index (Phi) is 2.15. The molecule has 0 aromatic heterocycles. The first-order valence-corrected chi connectivity index (χ1v) is 2.78. The number of halogens is 2. The van der Waals surface area contributed by atoms with Crippen LogP contribution in [0.5, 0.6) is 0 Å². The van der Waals surface area contributed by atoms with Crippen LogP contribution in [0.2, 0.25) is 0 Å². The molecule has 1 rings (SSSR count). The van der Waals surface area contributed by atoms with E-state index in [0.717, 1.165) is 12.3 Å². The van der Waals surface area contributed by atoms with Gasteiger partial charge in [0.25, 0.3) is 0 Å². The van der Waals surface area contributed by atoms with Gasteiger partial charge < -0.3 is 5.21 Å². The smallest absolute Gasteiger partial charge is 0.134 e. The van der Waals surface area contributed by atoms with Crippen molar-refractivity contribution in [3.05, 3.63) is 35.4 Å². The van der Waals surface area contributed by atoms with Gasteiger partial charge in [-0.15, -0.1) is 0 Å². The molecule has 57 valence electrons. The van der Waals surface area contributed by atoms with Crippen molar-refractivity contribution in [1.82, 2.24) is 0 Å². The van der Waals surface area contributed by atoms with Crippen molar-refractivity contribution >= 4 is 6.21 Å². The zero-order chi connectivity index (χ0) is 8.27. The monoisotopic (exact) mass is 156 g/mol. The summed E-state index contributed by atoms with van der Waals surface area (Å²) in [5.41, 5.74) is 0.0602. The molecule has 1 aromatic rings. The summed E-state index contributed by atoms with van der Waals surface area (Å²) in [6.45, 7) is 0. The Hall–Kier alpha value is -1.45. The minimum atomic E-state index is -0.820. The summed E-state index contributed by atoms with van der Waals surface area (Å²) in [5, 5.41) is 10.6. The van der Waals surface area contributed by atoms with Crippen molar-refractivity contribution in [2.24, 2.45) is 5.16 Å². The molecule has 0 spiro atoms. The third-order valence-corrected chi connectivity index (χ3v) is 1.02. The van der Waals surface area contributed by atoms with E-state index in [-0.39, 0.29) is 5.56 Å². The summed E-state index contributed by atoms with van der Waals surface area (Å²) in [6, 6.07) is 3.83. The molecule has 0 heterocycles. The van der Waals surface area contributed by atoms with Crippen LogP contribution in [0.4, 0.5) is 8.78 Å². The highest BCUT2D eigenvalue weighted by Crippen LogP contribution is 2.04. The van der Waals surface area contributed by atoms with Crippen LogP contribution in [-0.2, 0) is 0 Å². The normalized spacial score (nSPS) is 10.7. The third kappa shape index (κ3) is 2.00. The SMILES string of the molecule is ON=Cc1[c]c(F)cc(F)c1. The predicted octanol–water partition coefficient (Wildman–Crippen LogP) is 1.57. The van der Waals surface area contributed by atoms with Gasteiger partial charge >= 0.3 is 0 Å². The minimum absolute atomic E-state index is 0.0602. The quantitative estimate of drug-likeness (QED) is 0.373. The Morgan fingerprint density at radius 3 is 2.73 bits per heavy atom. The third-order valence-electron chi connectivity index (χ3n) is 1.02. The van der Waals surface area contributed by atoms with Crippen molar-refractivity contribution in [3.63, 3.8) is 0 Å². The fourth-order valence-corrected chi connectivity index (χ4v) is 0.653. The van der Waals surface area contributed by atoms with E-state index in [1.54, 1.807) is 0 Å². The van der Waals surface area contributed by atoms with Crippen molar-refractivity contribution in [2.75, 3.05) is 0 Å². The van der Waals surface area contributed by atoms with Crippen LogP contribution in [0.1, 0.15) is 5.56 Å². The lowest BCUT2D eigenvalue weighted by atomic mass is 10.2. The number of rotatable bonds is 1. The highest BCUT2D eigenvalue weighted by Gasteiger charge is 1.97. The molecule has 1 radical (unpaired) electrons. The molecule has 0 saturated heterocycles. The van der Waals surface area contributed by atoms with Crippen LogP contribution in [0.25, 0.3) is 0 Å². The van der Waals surface area contributed by atoms with Crippen LogP contribution in [-0.4, -0.2) is 11.4 Å². The molecule has 0 aliphatic carbocycles. The van der Waals surface area contributed by atoms with E-state index in [4.69, 9.17) is 5.21 Å². The van der Waals surface area contributed by atoms with Gasteiger partial charge in [-0.1, -0.05) is 5.16 Å². The summed E-state index contributed by atoms with van der Waals surface area (Å²) in [5.74, 6) is -1.55. The number of nitrogens with zero attached hydrogens (tertiary/aromatic N) is 1. The molecule has 0 aliphatic heterocycles. The first kappa shape index (κ1) is 7.65. The Morgan fingerprint density at radius 2 is 2.18 bits per heavy atom. The molecule has 0 saturated carbocycles. The standard InChI is InChI=1S/C7H4F2NO/c8-6-1-5(4-10-11)2-7(9)3-6/h1,3-4,11H. The van der Waals surface area contributed by atoms with Crippen LogP contribution in [0.15, 0.2) is 17.3 Å². The number of oxime groups is 1. The van der Waals surface area contributed by atoms with Crippen molar-refractivity contribution in [1.29, 1.82) is 0 Å². The van der Waals surface area contributed by atoms with Crippen molar-refractivity contribution in [3.8, 4) is 0 Å². The number of hydrogen-bond acceptors (Lipinski definition) is 2. The molecule has 1 aromatic carbocycles. The molecule has 0 amide bonds. The predicted molar refractivity (Wildman–Crippen MR) is 34.6 cm³/mol. The average Bonchev–Trinajstić information content (AvgIpc) is 1.85. The van der Waals surface area contributed by atoms with Gasteiger partial charge in [0.15, 0.2) is 0 Å². The Morgan fingerprint density at radius 1 is 1.45 bits per heavy atom. The zero-order valence-corrected chi connectivity index (χ0v) is 5.38. The van der Waals surface area contributed by atoms with Crippen molar-refractivity contribution in [2.45, 2.75) is 0 Å². The Labute approximate surface area is 61.8 Å². The maximum Gasteiger partial charge on any atom is 0.134 e. The van der Waals surface area contributed by atoms with Crippen LogP contribution < -0.4 is 0 Å². The van der Waals surface area contributed by atoms with Crippen LogP contribution in [0, 0.1) is 17.7 Å². The van der Waals surface area contributed by atoms with E-state index in [2.05, 4.69) is 11.2 Å². The lowest BCUT2D eigenvalue weighted by Crippen LogP contribution is -1.86. The second-order valence-corrected chi connectivity index (χ2v) is 1.85. The molecule has 1 N–H and O–H groups in total. The molecule has 4 heteroatoms. The summed E-state index contributed by atoms with van der Waals surface area (Å²) in [6.07, 6.45) is 0.895. The van der Waals surface area contributed by atoms with Gasteiger partial charge in [-0.3, -0.25) is 0 Å². The van der Waals surface area contributed by atoms with Crippen LogP contribution in [0.3, 0.4) is 0 Å². The average molecular weight is 156 g/mol. The number of hydrogen-bond donors (Lipinski definition) is 1. The molecule has 0 bridgehead atoms.